The second-order valence-corrected chi connectivity index (χ2v) is 6.34. The molecule has 0 radical (unpaired) electrons. The summed E-state index contributed by atoms with van der Waals surface area (Å²) in [7, 11) is 0. The van der Waals surface area contributed by atoms with Crippen molar-refractivity contribution in [2.45, 2.75) is 19.8 Å². The van der Waals surface area contributed by atoms with Crippen LogP contribution in [0.15, 0.2) is 23.7 Å². The van der Waals surface area contributed by atoms with E-state index in [0.29, 0.717) is 31.5 Å². The number of benzene rings is 1. The van der Waals surface area contributed by atoms with Crippen molar-refractivity contribution in [3.63, 3.8) is 0 Å². The number of thiazole rings is 1. The number of carbonyl (C=O) groups excluding carboxylic acids is 1. The van der Waals surface area contributed by atoms with Crippen molar-refractivity contribution >= 4 is 33.4 Å². The minimum Gasteiger partial charge on any atom is -0.481 e. The van der Waals surface area contributed by atoms with Crippen LogP contribution < -0.4 is 0 Å². The Bertz CT molecular complexity index is 712. The highest BCUT2D eigenvalue weighted by Crippen LogP contribution is 2.35. The van der Waals surface area contributed by atoms with Gasteiger partial charge in [-0.15, -0.1) is 11.3 Å². The number of nitrogens with zero attached hydrogens (tertiary/aromatic N) is 2. The van der Waals surface area contributed by atoms with E-state index in [-0.39, 0.29) is 5.91 Å². The molecule has 0 spiro atoms. The first-order chi connectivity index (χ1) is 10.1. The number of carboxylic acid groups (broad SMARTS) is 1. The van der Waals surface area contributed by atoms with Crippen LogP contribution in [-0.4, -0.2) is 40.0 Å². The zero-order chi connectivity index (χ0) is 15.0. The molecule has 1 aliphatic heterocycles. The fraction of sp³-hybridized carbons (Fsp3) is 0.400. The van der Waals surface area contributed by atoms with Gasteiger partial charge in [0.05, 0.1) is 21.1 Å². The van der Waals surface area contributed by atoms with Gasteiger partial charge in [0.2, 0.25) is 0 Å². The number of carbonyl (C=O) groups is 2. The van der Waals surface area contributed by atoms with Crippen molar-refractivity contribution in [2.24, 2.45) is 5.41 Å². The first-order valence-electron chi connectivity index (χ1n) is 6.92. The summed E-state index contributed by atoms with van der Waals surface area (Å²) in [5.74, 6) is -0.903. The Kier molecular flexibility index (Phi) is 3.41. The third-order valence-corrected chi connectivity index (χ3v) is 5.14. The van der Waals surface area contributed by atoms with Crippen LogP contribution in [0.25, 0.3) is 10.2 Å². The maximum absolute atomic E-state index is 12.6. The number of carboxylic acids is 1. The number of likely N-dealkylation sites (tertiary alicyclic amines) is 1. The fourth-order valence-electron chi connectivity index (χ4n) is 2.83. The van der Waals surface area contributed by atoms with Crippen molar-refractivity contribution in [1.82, 2.24) is 9.88 Å². The molecule has 2 aromatic rings. The number of hydrogen-bond acceptors (Lipinski definition) is 4. The number of aromatic nitrogens is 1. The van der Waals surface area contributed by atoms with Gasteiger partial charge in [-0.3, -0.25) is 9.59 Å². The molecule has 1 unspecified atom stereocenters. The predicted molar refractivity (Wildman–Crippen MR) is 80.5 cm³/mol. The van der Waals surface area contributed by atoms with Crippen molar-refractivity contribution in [3.05, 3.63) is 29.3 Å². The number of amides is 1. The lowest BCUT2D eigenvalue weighted by Gasteiger charge is -2.23. The second-order valence-electron chi connectivity index (χ2n) is 5.45. The summed E-state index contributed by atoms with van der Waals surface area (Å²) < 4.78 is 0.972. The molecule has 2 heterocycles. The van der Waals surface area contributed by atoms with Crippen LogP contribution in [0.1, 0.15) is 30.1 Å². The predicted octanol–water partition coefficient (Wildman–Crippen LogP) is 2.62. The van der Waals surface area contributed by atoms with Gasteiger partial charge >= 0.3 is 5.97 Å². The molecule has 21 heavy (non-hydrogen) atoms. The van der Waals surface area contributed by atoms with Gasteiger partial charge in [0.1, 0.15) is 0 Å². The topological polar surface area (TPSA) is 70.5 Å². The molecule has 1 N–H and O–H groups in total. The Hall–Kier alpha value is -1.95. The van der Waals surface area contributed by atoms with Crippen molar-refractivity contribution in [1.29, 1.82) is 0 Å². The second kappa shape index (κ2) is 5.11. The number of fused-ring (bicyclic) bond motifs is 1. The fourth-order valence-corrected chi connectivity index (χ4v) is 3.55. The van der Waals surface area contributed by atoms with E-state index in [1.165, 1.54) is 11.3 Å². The smallest absolute Gasteiger partial charge is 0.311 e. The molecule has 0 bridgehead atoms. The third kappa shape index (κ3) is 2.29. The first kappa shape index (κ1) is 14.0. The van der Waals surface area contributed by atoms with Gasteiger partial charge in [-0.2, -0.15) is 0 Å². The first-order valence-corrected chi connectivity index (χ1v) is 7.80. The lowest BCUT2D eigenvalue weighted by atomic mass is 9.84. The van der Waals surface area contributed by atoms with Crippen molar-refractivity contribution in [3.8, 4) is 0 Å². The van der Waals surface area contributed by atoms with E-state index in [1.807, 2.05) is 19.1 Å². The molecule has 1 fully saturated rings. The van der Waals surface area contributed by atoms with Crippen LogP contribution >= 0.6 is 11.3 Å². The molecule has 1 aromatic heterocycles. The lowest BCUT2D eigenvalue weighted by molar-refractivity contribution is -0.148. The molecule has 1 aliphatic rings. The van der Waals surface area contributed by atoms with Crippen LogP contribution in [-0.2, 0) is 4.79 Å². The minimum absolute atomic E-state index is 0.0955. The van der Waals surface area contributed by atoms with E-state index < -0.39 is 11.4 Å². The zero-order valence-corrected chi connectivity index (χ0v) is 12.5. The minimum atomic E-state index is -0.807. The van der Waals surface area contributed by atoms with Gasteiger partial charge in [0, 0.05) is 18.7 Å². The molecule has 6 heteroatoms. The highest BCUT2D eigenvalue weighted by Gasteiger charge is 2.44. The molecule has 1 amide bonds. The van der Waals surface area contributed by atoms with Gasteiger partial charge in [-0.1, -0.05) is 6.92 Å². The molecule has 1 saturated heterocycles. The summed E-state index contributed by atoms with van der Waals surface area (Å²) in [5, 5.41) is 9.40. The normalized spacial score (nSPS) is 21.9. The number of aliphatic carboxylic acids is 1. The molecule has 1 atom stereocenters. The molecule has 1 aromatic carbocycles. The van der Waals surface area contributed by atoms with E-state index >= 15 is 0 Å². The maximum Gasteiger partial charge on any atom is 0.311 e. The molecule has 110 valence electrons. The average molecular weight is 304 g/mol. The Morgan fingerprint density at radius 2 is 2.29 bits per heavy atom. The quantitative estimate of drug-likeness (QED) is 0.946. The van der Waals surface area contributed by atoms with Gasteiger partial charge < -0.3 is 10.0 Å². The Morgan fingerprint density at radius 3 is 2.95 bits per heavy atom. The van der Waals surface area contributed by atoms with E-state index in [0.717, 1.165) is 10.2 Å². The standard InChI is InChI=1S/C15H16N2O3S/c1-2-15(14(19)20)5-6-17(8-15)13(18)10-3-4-11-12(7-10)21-9-16-11/h3-4,7,9H,2,5-6,8H2,1H3,(H,19,20). The Labute approximate surface area is 126 Å². The van der Waals surface area contributed by atoms with Crippen molar-refractivity contribution < 1.29 is 14.7 Å². The maximum atomic E-state index is 12.6. The average Bonchev–Trinajstić information content (AvgIpc) is 3.13. The zero-order valence-electron chi connectivity index (χ0n) is 11.7. The van der Waals surface area contributed by atoms with Crippen LogP contribution in [0, 0.1) is 5.41 Å². The molecule has 3 rings (SSSR count). The van der Waals surface area contributed by atoms with E-state index in [4.69, 9.17) is 0 Å². The van der Waals surface area contributed by atoms with Crippen LogP contribution in [0.5, 0.6) is 0 Å². The van der Waals surface area contributed by atoms with E-state index in [9.17, 15) is 14.7 Å². The van der Waals surface area contributed by atoms with Crippen molar-refractivity contribution in [2.75, 3.05) is 13.1 Å². The highest BCUT2D eigenvalue weighted by atomic mass is 32.1. The third-order valence-electron chi connectivity index (χ3n) is 4.35. The highest BCUT2D eigenvalue weighted by molar-refractivity contribution is 7.16. The number of hydrogen-bond donors (Lipinski definition) is 1. The Morgan fingerprint density at radius 1 is 1.48 bits per heavy atom. The van der Waals surface area contributed by atoms with Gasteiger partial charge in [-0.25, -0.2) is 4.98 Å². The lowest BCUT2D eigenvalue weighted by Crippen LogP contribution is -2.36. The number of rotatable bonds is 3. The molecular weight excluding hydrogens is 288 g/mol. The molecule has 5 nitrogen and oxygen atoms in total. The molecular formula is C15H16N2O3S. The van der Waals surface area contributed by atoms with E-state index in [1.54, 1.807) is 16.5 Å². The SMILES string of the molecule is CCC1(C(=O)O)CCN(C(=O)c2ccc3ncsc3c2)C1. The van der Waals surface area contributed by atoms with E-state index in [2.05, 4.69) is 4.98 Å². The van der Waals surface area contributed by atoms with Gasteiger partial charge in [0.15, 0.2) is 0 Å². The summed E-state index contributed by atoms with van der Waals surface area (Å²) >= 11 is 1.49. The summed E-state index contributed by atoms with van der Waals surface area (Å²) in [4.78, 5) is 29.9. The van der Waals surface area contributed by atoms with Gasteiger partial charge in [-0.05, 0) is 31.0 Å². The monoisotopic (exact) mass is 304 g/mol. The van der Waals surface area contributed by atoms with Crippen LogP contribution in [0.3, 0.4) is 0 Å². The Balaban J connectivity index is 1.84. The molecule has 0 saturated carbocycles. The summed E-state index contributed by atoms with van der Waals surface area (Å²) in [6, 6.07) is 5.43. The summed E-state index contributed by atoms with van der Waals surface area (Å²) in [5.41, 5.74) is 2.45. The summed E-state index contributed by atoms with van der Waals surface area (Å²) in [6.07, 6.45) is 1.06. The largest absolute Gasteiger partial charge is 0.481 e. The molecule has 0 aliphatic carbocycles. The van der Waals surface area contributed by atoms with Gasteiger partial charge in [0.25, 0.3) is 5.91 Å². The summed E-state index contributed by atoms with van der Waals surface area (Å²) in [6.45, 7) is 2.66. The van der Waals surface area contributed by atoms with Crippen LogP contribution in [0.4, 0.5) is 0 Å². The van der Waals surface area contributed by atoms with Crippen LogP contribution in [0.2, 0.25) is 0 Å².